The van der Waals surface area contributed by atoms with Crippen LogP contribution in [0.2, 0.25) is 5.02 Å². The number of benzene rings is 2. The minimum absolute atomic E-state index is 0.170. The number of para-hydroxylation sites is 1. The standard InChI is InChI=1S/C32H43ClN2O2S/c1-3-4-5-6-7-8-9-10-11-12-13-14-22-37-31-29(33)19-16-20-30(31)34-32(36)28-18-15-17-27(24-28)25-35-21-23-38-26(35)2/h15-21,23-24H,3-14,22,25H2,1-2H3/p+1. The van der Waals surface area contributed by atoms with Gasteiger partial charge in [0.15, 0.2) is 18.5 Å². The molecule has 0 spiro atoms. The maximum atomic E-state index is 13.1. The molecule has 1 N–H and O–H groups in total. The number of carbonyl (C=O) groups excluding carboxylic acids is 1. The number of amides is 1. The molecular weight excluding hydrogens is 512 g/mol. The molecule has 3 aromatic rings. The van der Waals surface area contributed by atoms with Crippen molar-refractivity contribution >= 4 is 34.5 Å². The van der Waals surface area contributed by atoms with Crippen LogP contribution in [0.5, 0.6) is 5.75 Å². The van der Waals surface area contributed by atoms with Gasteiger partial charge in [-0.25, -0.2) is 0 Å². The normalized spacial score (nSPS) is 11.0. The Balaban J connectivity index is 1.41. The molecule has 0 aliphatic carbocycles. The molecule has 1 amide bonds. The molecule has 0 aliphatic heterocycles. The van der Waals surface area contributed by atoms with Gasteiger partial charge in [0.1, 0.15) is 0 Å². The number of halogens is 1. The van der Waals surface area contributed by atoms with E-state index in [1.165, 1.54) is 69.2 Å². The van der Waals surface area contributed by atoms with E-state index in [1.54, 1.807) is 17.4 Å². The molecule has 1 aromatic heterocycles. The van der Waals surface area contributed by atoms with E-state index in [2.05, 4.69) is 35.3 Å². The zero-order valence-corrected chi connectivity index (χ0v) is 24.7. The second-order valence-electron chi connectivity index (χ2n) is 10.1. The summed E-state index contributed by atoms with van der Waals surface area (Å²) in [6, 6.07) is 13.2. The monoisotopic (exact) mass is 555 g/mol. The van der Waals surface area contributed by atoms with Gasteiger partial charge in [0.05, 0.1) is 22.7 Å². The van der Waals surface area contributed by atoms with Gasteiger partial charge in [-0.1, -0.05) is 119 Å². The van der Waals surface area contributed by atoms with E-state index in [0.717, 1.165) is 24.9 Å². The Bertz CT molecular complexity index is 1110. The number of anilines is 1. The summed E-state index contributed by atoms with van der Waals surface area (Å²) in [5.74, 6) is 0.377. The number of hydrogen-bond acceptors (Lipinski definition) is 3. The van der Waals surface area contributed by atoms with Gasteiger partial charge in [-0.2, -0.15) is 4.57 Å². The number of nitrogens with one attached hydrogen (secondary N) is 1. The fourth-order valence-corrected chi connectivity index (χ4v) is 5.51. The molecule has 0 fully saturated rings. The third kappa shape index (κ3) is 10.4. The van der Waals surface area contributed by atoms with Crippen LogP contribution in [-0.2, 0) is 6.54 Å². The summed E-state index contributed by atoms with van der Waals surface area (Å²) < 4.78 is 8.24. The SMILES string of the molecule is CCCCCCCCCCCCCCOc1c(Cl)cccc1NC(=O)c1cccc(C[n+]2ccsc2C)c1. The smallest absolute Gasteiger partial charge is 0.255 e. The first-order valence-electron chi connectivity index (χ1n) is 14.3. The second kappa shape index (κ2) is 17.3. The van der Waals surface area contributed by atoms with E-state index < -0.39 is 0 Å². The summed E-state index contributed by atoms with van der Waals surface area (Å²) >= 11 is 8.16. The fourth-order valence-electron chi connectivity index (χ4n) is 4.61. The molecule has 0 bridgehead atoms. The molecule has 0 radical (unpaired) electrons. The van der Waals surface area contributed by atoms with Gasteiger partial charge >= 0.3 is 0 Å². The lowest BCUT2D eigenvalue weighted by Crippen LogP contribution is -2.34. The summed E-state index contributed by atoms with van der Waals surface area (Å²) in [7, 11) is 0. The number of aryl methyl sites for hydroxylation is 1. The number of aromatic nitrogens is 1. The second-order valence-corrected chi connectivity index (χ2v) is 11.6. The number of hydrogen-bond donors (Lipinski definition) is 1. The molecule has 0 saturated carbocycles. The summed E-state index contributed by atoms with van der Waals surface area (Å²) in [6.45, 7) is 5.70. The highest BCUT2D eigenvalue weighted by Crippen LogP contribution is 2.33. The minimum atomic E-state index is -0.170. The Kier molecular flexibility index (Phi) is 13.7. The number of nitrogens with zero attached hydrogens (tertiary/aromatic N) is 1. The van der Waals surface area contributed by atoms with Gasteiger partial charge in [-0.15, -0.1) is 0 Å². The highest BCUT2D eigenvalue weighted by molar-refractivity contribution is 7.09. The Morgan fingerprint density at radius 3 is 2.24 bits per heavy atom. The molecular formula is C32H44ClN2O2S+. The number of thiazole rings is 1. The van der Waals surface area contributed by atoms with Crippen molar-refractivity contribution in [3.8, 4) is 5.75 Å². The Labute approximate surface area is 238 Å². The lowest BCUT2D eigenvalue weighted by molar-refractivity contribution is -0.689. The Hall–Kier alpha value is -2.37. The first-order valence-corrected chi connectivity index (χ1v) is 15.6. The van der Waals surface area contributed by atoms with Crippen LogP contribution < -0.4 is 14.6 Å². The van der Waals surface area contributed by atoms with Gasteiger partial charge in [-0.05, 0) is 30.7 Å². The molecule has 0 atom stereocenters. The summed E-state index contributed by atoms with van der Waals surface area (Å²) in [4.78, 5) is 13.1. The molecule has 206 valence electrons. The van der Waals surface area contributed by atoms with Crippen LogP contribution in [0.1, 0.15) is 105 Å². The van der Waals surface area contributed by atoms with Crippen molar-refractivity contribution in [3.05, 3.63) is 75.2 Å². The molecule has 6 heteroatoms. The molecule has 0 saturated heterocycles. The van der Waals surface area contributed by atoms with Crippen molar-refractivity contribution in [2.75, 3.05) is 11.9 Å². The van der Waals surface area contributed by atoms with Crippen LogP contribution in [0.3, 0.4) is 0 Å². The third-order valence-electron chi connectivity index (χ3n) is 6.89. The van der Waals surface area contributed by atoms with Gasteiger partial charge in [0.25, 0.3) is 5.91 Å². The molecule has 2 aromatic carbocycles. The van der Waals surface area contributed by atoms with Crippen molar-refractivity contribution in [1.82, 2.24) is 0 Å². The lowest BCUT2D eigenvalue weighted by atomic mass is 10.1. The first-order chi connectivity index (χ1) is 18.6. The molecule has 0 unspecified atom stereocenters. The Morgan fingerprint density at radius 2 is 1.58 bits per heavy atom. The number of unbranched alkanes of at least 4 members (excludes halogenated alkanes) is 11. The fraction of sp³-hybridized carbons (Fsp3) is 0.500. The average Bonchev–Trinajstić information content (AvgIpc) is 3.32. The topological polar surface area (TPSA) is 42.2 Å². The molecule has 0 aliphatic rings. The summed E-state index contributed by atoms with van der Waals surface area (Å²) in [5.41, 5.74) is 2.30. The van der Waals surface area contributed by atoms with Gasteiger partial charge in [0.2, 0.25) is 5.01 Å². The van der Waals surface area contributed by atoms with Crippen LogP contribution in [0.25, 0.3) is 0 Å². The first kappa shape index (κ1) is 30.2. The molecule has 1 heterocycles. The summed E-state index contributed by atoms with van der Waals surface area (Å²) in [6.07, 6.45) is 17.7. The van der Waals surface area contributed by atoms with Crippen LogP contribution >= 0.6 is 22.9 Å². The van der Waals surface area contributed by atoms with E-state index in [0.29, 0.717) is 28.6 Å². The lowest BCUT2D eigenvalue weighted by Gasteiger charge is -2.14. The van der Waals surface area contributed by atoms with Gasteiger partial charge in [0, 0.05) is 18.1 Å². The predicted molar refractivity (Wildman–Crippen MR) is 161 cm³/mol. The minimum Gasteiger partial charge on any atom is -0.490 e. The van der Waals surface area contributed by atoms with Crippen molar-refractivity contribution in [2.24, 2.45) is 0 Å². The van der Waals surface area contributed by atoms with Crippen molar-refractivity contribution in [1.29, 1.82) is 0 Å². The average molecular weight is 556 g/mol. The van der Waals surface area contributed by atoms with Crippen molar-refractivity contribution < 1.29 is 14.1 Å². The van der Waals surface area contributed by atoms with E-state index in [4.69, 9.17) is 16.3 Å². The molecule has 38 heavy (non-hydrogen) atoms. The Morgan fingerprint density at radius 1 is 0.921 bits per heavy atom. The number of carbonyl (C=O) groups is 1. The third-order valence-corrected chi connectivity index (χ3v) is 8.02. The summed E-state index contributed by atoms with van der Waals surface area (Å²) in [5, 5.41) is 6.83. The van der Waals surface area contributed by atoms with Crippen molar-refractivity contribution in [2.45, 2.75) is 97.4 Å². The van der Waals surface area contributed by atoms with Gasteiger partial charge in [-0.3, -0.25) is 4.79 Å². The number of rotatable bonds is 18. The van der Waals surface area contributed by atoms with E-state index in [-0.39, 0.29) is 5.91 Å². The quantitative estimate of drug-likeness (QED) is 0.125. The zero-order chi connectivity index (χ0) is 27.0. The van der Waals surface area contributed by atoms with E-state index in [9.17, 15) is 4.79 Å². The van der Waals surface area contributed by atoms with Crippen LogP contribution in [0.15, 0.2) is 54.0 Å². The highest BCUT2D eigenvalue weighted by Gasteiger charge is 2.15. The van der Waals surface area contributed by atoms with Crippen LogP contribution in [0, 0.1) is 6.92 Å². The predicted octanol–water partition coefficient (Wildman–Crippen LogP) is 9.38. The maximum Gasteiger partial charge on any atom is 0.255 e. The maximum absolute atomic E-state index is 13.1. The zero-order valence-electron chi connectivity index (χ0n) is 23.1. The highest BCUT2D eigenvalue weighted by atomic mass is 35.5. The van der Waals surface area contributed by atoms with E-state index >= 15 is 0 Å². The van der Waals surface area contributed by atoms with E-state index in [1.807, 2.05) is 36.4 Å². The molecule has 3 rings (SSSR count). The number of ether oxygens (including phenoxy) is 1. The molecule has 4 nitrogen and oxygen atoms in total. The largest absolute Gasteiger partial charge is 0.490 e. The van der Waals surface area contributed by atoms with Gasteiger partial charge < -0.3 is 10.1 Å². The van der Waals surface area contributed by atoms with Crippen LogP contribution in [0.4, 0.5) is 5.69 Å². The van der Waals surface area contributed by atoms with Crippen molar-refractivity contribution in [3.63, 3.8) is 0 Å². The van der Waals surface area contributed by atoms with Crippen LogP contribution in [-0.4, -0.2) is 12.5 Å².